The van der Waals surface area contributed by atoms with Gasteiger partial charge in [-0.1, -0.05) is 0 Å². The van der Waals surface area contributed by atoms with Crippen LogP contribution in [0, 0.1) is 11.6 Å². The maximum Gasteiger partial charge on any atom is 0.327 e. The minimum atomic E-state index is -0.663. The summed E-state index contributed by atoms with van der Waals surface area (Å²) in [4.78, 5) is 13.7. The monoisotopic (exact) mass is 321 g/mol. The summed E-state index contributed by atoms with van der Waals surface area (Å²) in [5.74, 6) is -1.71. The molecule has 0 saturated heterocycles. The predicted octanol–water partition coefficient (Wildman–Crippen LogP) is 1.99. The molecule has 1 aromatic heterocycles. The average Bonchev–Trinajstić information content (AvgIpc) is 2.85. The van der Waals surface area contributed by atoms with Crippen LogP contribution >= 0.6 is 0 Å². The van der Waals surface area contributed by atoms with Crippen molar-refractivity contribution >= 4 is 5.97 Å². The third-order valence-electron chi connectivity index (χ3n) is 4.02. The Bertz CT molecular complexity index is 758. The Morgan fingerprint density at radius 3 is 2.87 bits per heavy atom. The molecule has 0 radical (unpaired) electrons. The number of nitrogens with zero attached hydrogens (tertiary/aromatic N) is 3. The van der Waals surface area contributed by atoms with Crippen molar-refractivity contribution in [3.63, 3.8) is 0 Å². The first-order chi connectivity index (χ1) is 11.0. The summed E-state index contributed by atoms with van der Waals surface area (Å²) in [5, 5.41) is 4.40. The fourth-order valence-corrected chi connectivity index (χ4v) is 2.84. The number of fused-ring (bicyclic) bond motifs is 1. The van der Waals surface area contributed by atoms with E-state index in [1.54, 1.807) is 4.68 Å². The van der Waals surface area contributed by atoms with Crippen LogP contribution in [0.5, 0.6) is 0 Å². The highest BCUT2D eigenvalue weighted by Crippen LogP contribution is 2.31. The lowest BCUT2D eigenvalue weighted by atomic mass is 10.0. The van der Waals surface area contributed by atoms with E-state index in [2.05, 4.69) is 14.7 Å². The van der Waals surface area contributed by atoms with Crippen molar-refractivity contribution in [2.24, 2.45) is 0 Å². The SMILES string of the molecule is COC(=O)Cn1nc(-c2ccc(F)cc2F)c2c1CCN(C)C2. The Hall–Kier alpha value is -2.28. The number of hydrogen-bond acceptors (Lipinski definition) is 4. The van der Waals surface area contributed by atoms with E-state index in [4.69, 9.17) is 0 Å². The first kappa shape index (κ1) is 15.6. The third-order valence-corrected chi connectivity index (χ3v) is 4.02. The van der Waals surface area contributed by atoms with E-state index in [-0.39, 0.29) is 12.1 Å². The Morgan fingerprint density at radius 2 is 2.17 bits per heavy atom. The number of ether oxygens (including phenoxy) is 1. The molecular formula is C16H17F2N3O2. The number of likely N-dealkylation sites (N-methyl/N-ethyl adjacent to an activating group) is 1. The highest BCUT2D eigenvalue weighted by atomic mass is 19.1. The van der Waals surface area contributed by atoms with Gasteiger partial charge in [-0.05, 0) is 19.2 Å². The topological polar surface area (TPSA) is 47.4 Å². The zero-order valence-corrected chi connectivity index (χ0v) is 13.0. The lowest BCUT2D eigenvalue weighted by Crippen LogP contribution is -2.28. The van der Waals surface area contributed by atoms with Crippen molar-refractivity contribution in [3.05, 3.63) is 41.1 Å². The van der Waals surface area contributed by atoms with Gasteiger partial charge in [-0.2, -0.15) is 5.10 Å². The second-order valence-corrected chi connectivity index (χ2v) is 5.62. The van der Waals surface area contributed by atoms with Gasteiger partial charge in [0.25, 0.3) is 0 Å². The van der Waals surface area contributed by atoms with Crippen LogP contribution < -0.4 is 0 Å². The minimum absolute atomic E-state index is 0.0225. The van der Waals surface area contributed by atoms with E-state index in [9.17, 15) is 13.6 Å². The van der Waals surface area contributed by atoms with E-state index < -0.39 is 17.6 Å². The summed E-state index contributed by atoms with van der Waals surface area (Å²) in [6, 6.07) is 3.43. The van der Waals surface area contributed by atoms with Gasteiger partial charge < -0.3 is 9.64 Å². The molecule has 0 fully saturated rings. The molecule has 122 valence electrons. The van der Waals surface area contributed by atoms with Gasteiger partial charge in [-0.3, -0.25) is 9.48 Å². The molecule has 1 aliphatic heterocycles. The van der Waals surface area contributed by atoms with Crippen molar-refractivity contribution in [1.29, 1.82) is 0 Å². The number of aromatic nitrogens is 2. The summed E-state index contributed by atoms with van der Waals surface area (Å²) in [5.41, 5.74) is 2.45. The molecule has 0 bridgehead atoms. The Kier molecular flexibility index (Phi) is 4.12. The summed E-state index contributed by atoms with van der Waals surface area (Å²) in [6.45, 7) is 1.40. The van der Waals surface area contributed by atoms with Crippen LogP contribution in [0.15, 0.2) is 18.2 Å². The number of hydrogen-bond donors (Lipinski definition) is 0. The van der Waals surface area contributed by atoms with Gasteiger partial charge in [0.15, 0.2) is 0 Å². The fraction of sp³-hybridized carbons (Fsp3) is 0.375. The standard InChI is InChI=1S/C16H17F2N3O2/c1-20-6-5-14-12(8-20)16(19-21(14)9-15(22)23-2)11-4-3-10(17)7-13(11)18/h3-4,7H,5-6,8-9H2,1-2H3. The molecule has 0 aliphatic carbocycles. The zero-order chi connectivity index (χ0) is 16.6. The first-order valence-corrected chi connectivity index (χ1v) is 7.29. The molecule has 7 heteroatoms. The molecular weight excluding hydrogens is 304 g/mol. The van der Waals surface area contributed by atoms with E-state index in [0.717, 1.165) is 23.9 Å². The molecule has 23 heavy (non-hydrogen) atoms. The van der Waals surface area contributed by atoms with E-state index in [1.807, 2.05) is 7.05 Å². The highest BCUT2D eigenvalue weighted by Gasteiger charge is 2.26. The second kappa shape index (κ2) is 6.08. The van der Waals surface area contributed by atoms with Crippen LogP contribution in [-0.2, 0) is 29.0 Å². The van der Waals surface area contributed by atoms with Crippen LogP contribution in [-0.4, -0.2) is 41.4 Å². The Labute approximate surface area is 132 Å². The lowest BCUT2D eigenvalue weighted by molar-refractivity contribution is -0.141. The number of carbonyl (C=O) groups is 1. The minimum Gasteiger partial charge on any atom is -0.468 e. The molecule has 2 aromatic rings. The molecule has 1 aliphatic rings. The van der Waals surface area contributed by atoms with Crippen molar-refractivity contribution in [1.82, 2.24) is 14.7 Å². The Balaban J connectivity index is 2.11. The number of benzene rings is 1. The van der Waals surface area contributed by atoms with E-state index in [0.29, 0.717) is 18.7 Å². The van der Waals surface area contributed by atoms with E-state index in [1.165, 1.54) is 19.2 Å². The molecule has 0 N–H and O–H groups in total. The molecule has 5 nitrogen and oxygen atoms in total. The molecule has 2 heterocycles. The number of esters is 1. The van der Waals surface area contributed by atoms with E-state index >= 15 is 0 Å². The van der Waals surface area contributed by atoms with Gasteiger partial charge in [0.05, 0.1) is 7.11 Å². The molecule has 0 amide bonds. The number of methoxy groups -OCH3 is 1. The third kappa shape index (κ3) is 2.96. The number of rotatable bonds is 3. The van der Waals surface area contributed by atoms with Crippen molar-refractivity contribution in [2.75, 3.05) is 20.7 Å². The molecule has 0 spiro atoms. The molecule has 0 atom stereocenters. The zero-order valence-electron chi connectivity index (χ0n) is 13.0. The van der Waals surface area contributed by atoms with Gasteiger partial charge in [0.1, 0.15) is 23.9 Å². The highest BCUT2D eigenvalue weighted by molar-refractivity contribution is 5.70. The molecule has 0 saturated carbocycles. The molecule has 0 unspecified atom stereocenters. The summed E-state index contributed by atoms with van der Waals surface area (Å²) < 4.78 is 33.5. The summed E-state index contributed by atoms with van der Waals surface area (Å²) >= 11 is 0. The summed E-state index contributed by atoms with van der Waals surface area (Å²) in [6.07, 6.45) is 0.707. The van der Waals surface area contributed by atoms with Crippen LogP contribution in [0.2, 0.25) is 0 Å². The van der Waals surface area contributed by atoms with Crippen LogP contribution in [0.25, 0.3) is 11.3 Å². The number of halogens is 2. The average molecular weight is 321 g/mol. The maximum absolute atomic E-state index is 14.1. The summed E-state index contributed by atoms with van der Waals surface area (Å²) in [7, 11) is 3.28. The van der Waals surface area contributed by atoms with Crippen molar-refractivity contribution in [2.45, 2.75) is 19.5 Å². The van der Waals surface area contributed by atoms with Gasteiger partial charge in [0.2, 0.25) is 0 Å². The van der Waals surface area contributed by atoms with Crippen LogP contribution in [0.4, 0.5) is 8.78 Å². The quantitative estimate of drug-likeness (QED) is 0.811. The maximum atomic E-state index is 14.1. The lowest BCUT2D eigenvalue weighted by Gasteiger charge is -2.23. The van der Waals surface area contributed by atoms with Crippen LogP contribution in [0.1, 0.15) is 11.3 Å². The van der Waals surface area contributed by atoms with Crippen molar-refractivity contribution < 1.29 is 18.3 Å². The number of carbonyl (C=O) groups excluding carboxylic acids is 1. The molecule has 3 rings (SSSR count). The normalized spacial score (nSPS) is 14.6. The Morgan fingerprint density at radius 1 is 1.39 bits per heavy atom. The fourth-order valence-electron chi connectivity index (χ4n) is 2.84. The predicted molar refractivity (Wildman–Crippen MR) is 79.6 cm³/mol. The molecule has 1 aromatic carbocycles. The van der Waals surface area contributed by atoms with Crippen molar-refractivity contribution in [3.8, 4) is 11.3 Å². The largest absolute Gasteiger partial charge is 0.468 e. The first-order valence-electron chi connectivity index (χ1n) is 7.29. The smallest absolute Gasteiger partial charge is 0.327 e. The van der Waals surface area contributed by atoms with Crippen LogP contribution in [0.3, 0.4) is 0 Å². The van der Waals surface area contributed by atoms with Gasteiger partial charge >= 0.3 is 5.97 Å². The van der Waals surface area contributed by atoms with Gasteiger partial charge in [0, 0.05) is 42.4 Å². The van der Waals surface area contributed by atoms with Gasteiger partial charge in [-0.15, -0.1) is 0 Å². The second-order valence-electron chi connectivity index (χ2n) is 5.62. The van der Waals surface area contributed by atoms with Gasteiger partial charge in [-0.25, -0.2) is 8.78 Å².